The molecule has 4 rings (SSSR count). The highest BCUT2D eigenvalue weighted by atomic mass is 35.5. The van der Waals surface area contributed by atoms with E-state index >= 15 is 0 Å². The summed E-state index contributed by atoms with van der Waals surface area (Å²) in [6, 6.07) is 6.54. The zero-order valence-corrected chi connectivity index (χ0v) is 13.9. The number of rotatable bonds is 2. The number of halogens is 1. The van der Waals surface area contributed by atoms with Gasteiger partial charge < -0.3 is 5.11 Å². The van der Waals surface area contributed by atoms with Crippen LogP contribution in [0.3, 0.4) is 0 Å². The van der Waals surface area contributed by atoms with Crippen molar-refractivity contribution in [3.05, 3.63) is 54.1 Å². The smallest absolute Gasteiger partial charge is 0.115 e. The van der Waals surface area contributed by atoms with E-state index in [-0.39, 0.29) is 17.8 Å². The second kappa shape index (κ2) is 5.43. The van der Waals surface area contributed by atoms with Crippen LogP contribution in [0, 0.1) is 11.8 Å². The number of allylic oxidation sites excluding steroid dienone is 1. The van der Waals surface area contributed by atoms with Crippen LogP contribution in [-0.2, 0) is 11.8 Å². The molecule has 1 saturated heterocycles. The van der Waals surface area contributed by atoms with Gasteiger partial charge in [-0.15, -0.1) is 19.0 Å². The largest absolute Gasteiger partial charge is 0.508 e. The molecule has 0 spiro atoms. The first kappa shape index (κ1) is 15.6. The average molecular weight is 318 g/mol. The molecule has 1 aromatic carbocycles. The Kier molecular flexibility index (Phi) is 3.86. The molecular formula is C19H24ClNO. The summed E-state index contributed by atoms with van der Waals surface area (Å²) < 4.78 is 0. The third-order valence-electron chi connectivity index (χ3n) is 5.91. The molecule has 1 fully saturated rings. The minimum absolute atomic E-state index is 0. The van der Waals surface area contributed by atoms with E-state index in [0.717, 1.165) is 19.5 Å². The van der Waals surface area contributed by atoms with E-state index < -0.39 is 0 Å². The van der Waals surface area contributed by atoms with Crippen LogP contribution >= 0.6 is 12.4 Å². The minimum atomic E-state index is 0. The fraction of sp³-hybridized carbons (Fsp3) is 0.474. The molecule has 1 aliphatic heterocycles. The zero-order chi connectivity index (χ0) is 14.6. The summed E-state index contributed by atoms with van der Waals surface area (Å²) in [4.78, 5) is 2.61. The number of phenolic OH excluding ortho intramolecular Hbond substituents is 1. The fourth-order valence-corrected chi connectivity index (χ4v) is 4.90. The van der Waals surface area contributed by atoms with Crippen molar-refractivity contribution in [2.45, 2.75) is 31.2 Å². The second-order valence-corrected chi connectivity index (χ2v) is 7.10. The molecule has 1 heterocycles. The fourth-order valence-electron chi connectivity index (χ4n) is 4.90. The van der Waals surface area contributed by atoms with Gasteiger partial charge in [-0.1, -0.05) is 31.2 Å². The topological polar surface area (TPSA) is 23.5 Å². The van der Waals surface area contributed by atoms with E-state index in [0.29, 0.717) is 23.6 Å². The van der Waals surface area contributed by atoms with Gasteiger partial charge in [0.1, 0.15) is 5.75 Å². The Bertz CT molecular complexity index is 626. The number of likely N-dealkylation sites (tertiary alicyclic amines) is 1. The van der Waals surface area contributed by atoms with Crippen molar-refractivity contribution >= 4 is 12.4 Å². The number of nitrogens with zero attached hydrogens (tertiary/aromatic N) is 1. The van der Waals surface area contributed by atoms with Gasteiger partial charge >= 0.3 is 0 Å². The Morgan fingerprint density at radius 3 is 3.05 bits per heavy atom. The van der Waals surface area contributed by atoms with Crippen molar-refractivity contribution in [3.63, 3.8) is 0 Å². The van der Waals surface area contributed by atoms with Crippen LogP contribution in [0.2, 0.25) is 0 Å². The van der Waals surface area contributed by atoms with E-state index in [1.165, 1.54) is 17.5 Å². The van der Waals surface area contributed by atoms with Gasteiger partial charge in [-0.05, 0) is 47.9 Å². The van der Waals surface area contributed by atoms with Crippen LogP contribution in [-0.4, -0.2) is 29.1 Å². The molecule has 2 bridgehead atoms. The van der Waals surface area contributed by atoms with Gasteiger partial charge in [0.2, 0.25) is 0 Å². The Balaban J connectivity index is 0.00000144. The first-order valence-electron chi connectivity index (χ1n) is 7.98. The number of phenols is 1. The summed E-state index contributed by atoms with van der Waals surface area (Å²) in [5.41, 5.74) is 2.79. The van der Waals surface area contributed by atoms with Crippen LogP contribution < -0.4 is 0 Å². The van der Waals surface area contributed by atoms with Gasteiger partial charge in [0.15, 0.2) is 0 Å². The van der Waals surface area contributed by atoms with Crippen LogP contribution in [0.5, 0.6) is 5.75 Å². The van der Waals surface area contributed by atoms with Crippen molar-refractivity contribution in [1.82, 2.24) is 4.90 Å². The normalized spacial score (nSPS) is 35.4. The quantitative estimate of drug-likeness (QED) is 0.841. The van der Waals surface area contributed by atoms with Crippen molar-refractivity contribution in [3.8, 4) is 5.75 Å². The summed E-state index contributed by atoms with van der Waals surface area (Å²) in [7, 11) is 0. The SMILES string of the molecule is C=CCN1CC2C=C[C@@]3(C)c4cc(O)ccc4CC1C3C2.Cl. The lowest BCUT2D eigenvalue weighted by molar-refractivity contribution is 0.0325. The molecule has 3 heteroatoms. The third kappa shape index (κ3) is 2.12. The van der Waals surface area contributed by atoms with E-state index in [1.54, 1.807) is 0 Å². The highest BCUT2D eigenvalue weighted by Gasteiger charge is 2.50. The highest BCUT2D eigenvalue weighted by Crippen LogP contribution is 2.52. The molecule has 118 valence electrons. The van der Waals surface area contributed by atoms with E-state index in [4.69, 9.17) is 0 Å². The third-order valence-corrected chi connectivity index (χ3v) is 5.91. The first-order valence-corrected chi connectivity index (χ1v) is 7.98. The Morgan fingerprint density at radius 1 is 1.45 bits per heavy atom. The van der Waals surface area contributed by atoms with Gasteiger partial charge in [-0.3, -0.25) is 4.90 Å². The molecule has 0 amide bonds. The molecule has 3 unspecified atom stereocenters. The van der Waals surface area contributed by atoms with Crippen LogP contribution in [0.1, 0.15) is 24.5 Å². The van der Waals surface area contributed by atoms with Gasteiger partial charge in [0, 0.05) is 24.5 Å². The monoisotopic (exact) mass is 317 g/mol. The summed E-state index contributed by atoms with van der Waals surface area (Å²) in [5.74, 6) is 1.72. The Hall–Kier alpha value is -1.25. The Morgan fingerprint density at radius 2 is 2.27 bits per heavy atom. The predicted octanol–water partition coefficient (Wildman–Crippen LogP) is 3.69. The number of benzene rings is 1. The molecule has 3 aliphatic rings. The number of hydrogen-bond donors (Lipinski definition) is 1. The summed E-state index contributed by atoms with van der Waals surface area (Å²) >= 11 is 0. The molecule has 4 atom stereocenters. The minimum Gasteiger partial charge on any atom is -0.508 e. The number of aromatic hydroxyl groups is 1. The maximum atomic E-state index is 9.91. The molecule has 22 heavy (non-hydrogen) atoms. The molecule has 0 aromatic heterocycles. The highest BCUT2D eigenvalue weighted by molar-refractivity contribution is 5.85. The molecule has 0 radical (unpaired) electrons. The van der Waals surface area contributed by atoms with Crippen molar-refractivity contribution in [1.29, 1.82) is 0 Å². The first-order chi connectivity index (χ1) is 10.1. The van der Waals surface area contributed by atoms with Gasteiger partial charge in [-0.2, -0.15) is 0 Å². The zero-order valence-electron chi connectivity index (χ0n) is 13.0. The molecule has 0 saturated carbocycles. The lowest BCUT2D eigenvalue weighted by Crippen LogP contribution is -2.59. The second-order valence-electron chi connectivity index (χ2n) is 7.10. The lowest BCUT2D eigenvalue weighted by Gasteiger charge is -2.56. The molecule has 1 aromatic rings. The summed E-state index contributed by atoms with van der Waals surface area (Å²) in [6.07, 6.45) is 9.24. The van der Waals surface area contributed by atoms with Gasteiger partial charge in [0.25, 0.3) is 0 Å². The van der Waals surface area contributed by atoms with E-state index in [1.807, 2.05) is 18.2 Å². The lowest BCUT2D eigenvalue weighted by atomic mass is 9.55. The van der Waals surface area contributed by atoms with E-state index in [2.05, 4.69) is 36.6 Å². The molecule has 2 nitrogen and oxygen atoms in total. The molecule has 1 N–H and O–H groups in total. The van der Waals surface area contributed by atoms with Crippen molar-refractivity contribution in [2.75, 3.05) is 13.1 Å². The number of piperidine rings is 1. The van der Waals surface area contributed by atoms with Gasteiger partial charge in [-0.25, -0.2) is 0 Å². The molecule has 2 aliphatic carbocycles. The van der Waals surface area contributed by atoms with Crippen LogP contribution in [0.15, 0.2) is 43.0 Å². The van der Waals surface area contributed by atoms with Crippen LogP contribution in [0.25, 0.3) is 0 Å². The van der Waals surface area contributed by atoms with E-state index in [9.17, 15) is 5.11 Å². The predicted molar refractivity (Wildman–Crippen MR) is 92.7 cm³/mol. The maximum Gasteiger partial charge on any atom is 0.115 e. The standard InChI is InChI=1S/C19H23NO.ClH/c1-3-8-20-12-13-6-7-19(2)16-11-15(21)5-4-14(16)10-18(20)17(19)9-13;/h3-7,11,13,17-18,21H,1,8-10,12H2,2H3;1H/t13?,17?,18?,19-;/m0./s1. The number of fused-ring (bicyclic) bond motifs is 3. The molecular weight excluding hydrogens is 294 g/mol. The maximum absolute atomic E-state index is 9.91. The summed E-state index contributed by atoms with van der Waals surface area (Å²) in [6.45, 7) is 8.43. The van der Waals surface area contributed by atoms with Crippen molar-refractivity contribution < 1.29 is 5.11 Å². The van der Waals surface area contributed by atoms with Gasteiger partial charge in [0.05, 0.1) is 0 Å². The van der Waals surface area contributed by atoms with Crippen LogP contribution in [0.4, 0.5) is 0 Å². The summed E-state index contributed by atoms with van der Waals surface area (Å²) in [5, 5.41) is 9.91. The van der Waals surface area contributed by atoms with Crippen molar-refractivity contribution in [2.24, 2.45) is 11.8 Å². The Labute approximate surface area is 138 Å². The number of hydrogen-bond acceptors (Lipinski definition) is 2. The average Bonchev–Trinajstić information content (AvgIpc) is 2.48.